The number of guanidine groups is 1. The van der Waals surface area contributed by atoms with Crippen LogP contribution in [0.4, 0.5) is 0 Å². The van der Waals surface area contributed by atoms with Gasteiger partial charge in [-0.1, -0.05) is 24.3 Å². The molecular weight excluding hydrogens is 226 g/mol. The number of nitrogens with zero attached hydrogens (tertiary/aromatic N) is 1. The molecule has 0 aliphatic rings. The Morgan fingerprint density at radius 1 is 1.22 bits per heavy atom. The molecule has 100 valence electrons. The minimum absolute atomic E-state index is 0.269. The van der Waals surface area contributed by atoms with Crippen LogP contribution in [0, 0.1) is 0 Å². The van der Waals surface area contributed by atoms with E-state index in [9.17, 15) is 0 Å². The summed E-state index contributed by atoms with van der Waals surface area (Å²) in [6.07, 6.45) is 0.269. The van der Waals surface area contributed by atoms with Crippen LogP contribution in [0.3, 0.4) is 0 Å². The van der Waals surface area contributed by atoms with Gasteiger partial charge in [0.15, 0.2) is 5.96 Å². The van der Waals surface area contributed by atoms with E-state index in [2.05, 4.69) is 39.9 Å². The van der Waals surface area contributed by atoms with Crippen LogP contribution in [0.2, 0.25) is 0 Å². The van der Waals surface area contributed by atoms with Crippen LogP contribution in [0.25, 0.3) is 0 Å². The number of aliphatic imine (C=N–C) groups is 1. The Labute approximate surface area is 109 Å². The number of ether oxygens (including phenoxy) is 1. The van der Waals surface area contributed by atoms with Crippen molar-refractivity contribution in [1.82, 2.24) is 10.6 Å². The molecule has 1 aromatic carbocycles. The van der Waals surface area contributed by atoms with Gasteiger partial charge in [0.2, 0.25) is 0 Å². The Morgan fingerprint density at radius 3 is 2.33 bits per heavy atom. The average Bonchev–Trinajstić information content (AvgIpc) is 2.39. The third-order valence-electron chi connectivity index (χ3n) is 2.53. The van der Waals surface area contributed by atoms with Crippen molar-refractivity contribution >= 4 is 5.96 Å². The maximum absolute atomic E-state index is 5.56. The lowest BCUT2D eigenvalue weighted by Crippen LogP contribution is -2.34. The molecule has 4 heteroatoms. The van der Waals surface area contributed by atoms with Crippen molar-refractivity contribution < 1.29 is 4.74 Å². The fourth-order valence-corrected chi connectivity index (χ4v) is 1.48. The summed E-state index contributed by atoms with van der Waals surface area (Å²) in [5.41, 5.74) is 2.42. The first-order chi connectivity index (χ1) is 8.65. The molecule has 0 bridgehead atoms. The van der Waals surface area contributed by atoms with Gasteiger partial charge in [0.05, 0.1) is 12.7 Å². The fraction of sp³-hybridized carbons (Fsp3) is 0.500. The molecule has 0 atom stereocenters. The Balaban J connectivity index is 2.45. The SMILES string of the molecule is CN=C(NC)NCc1ccc(COC(C)C)cc1. The average molecular weight is 249 g/mol. The van der Waals surface area contributed by atoms with Crippen LogP contribution in [0.1, 0.15) is 25.0 Å². The van der Waals surface area contributed by atoms with Crippen LogP contribution in [0.15, 0.2) is 29.3 Å². The van der Waals surface area contributed by atoms with Gasteiger partial charge < -0.3 is 15.4 Å². The number of rotatable bonds is 5. The minimum Gasteiger partial charge on any atom is -0.374 e. The smallest absolute Gasteiger partial charge is 0.190 e. The van der Waals surface area contributed by atoms with E-state index < -0.39 is 0 Å². The molecule has 0 saturated carbocycles. The normalized spacial score (nSPS) is 11.7. The Bertz CT molecular complexity index is 371. The van der Waals surface area contributed by atoms with Gasteiger partial charge in [0.25, 0.3) is 0 Å². The van der Waals surface area contributed by atoms with Gasteiger partial charge in [-0.3, -0.25) is 4.99 Å². The first kappa shape index (κ1) is 14.5. The van der Waals surface area contributed by atoms with Crippen molar-refractivity contribution in [3.8, 4) is 0 Å². The van der Waals surface area contributed by atoms with Gasteiger partial charge in [0.1, 0.15) is 0 Å². The van der Waals surface area contributed by atoms with E-state index in [1.165, 1.54) is 11.1 Å². The maximum Gasteiger partial charge on any atom is 0.190 e. The quantitative estimate of drug-likeness (QED) is 0.619. The summed E-state index contributed by atoms with van der Waals surface area (Å²) in [4.78, 5) is 4.06. The highest BCUT2D eigenvalue weighted by molar-refractivity contribution is 5.79. The van der Waals surface area contributed by atoms with Crippen LogP contribution in [-0.2, 0) is 17.9 Å². The predicted octanol–water partition coefficient (Wildman–Crippen LogP) is 1.91. The monoisotopic (exact) mass is 249 g/mol. The standard InChI is InChI=1S/C14H23N3O/c1-11(2)18-10-13-7-5-12(6-8-13)9-17-14(15-3)16-4/h5-8,11H,9-10H2,1-4H3,(H2,15,16,17). The summed E-state index contributed by atoms with van der Waals surface area (Å²) in [6, 6.07) is 8.41. The van der Waals surface area contributed by atoms with E-state index >= 15 is 0 Å². The molecule has 2 N–H and O–H groups in total. The summed E-state index contributed by atoms with van der Waals surface area (Å²) in [7, 11) is 3.60. The number of hydrogen-bond donors (Lipinski definition) is 2. The maximum atomic E-state index is 5.56. The Hall–Kier alpha value is -1.55. The second-order valence-electron chi connectivity index (χ2n) is 4.35. The van der Waals surface area contributed by atoms with Crippen LogP contribution in [0.5, 0.6) is 0 Å². The lowest BCUT2D eigenvalue weighted by Gasteiger charge is -2.10. The third kappa shape index (κ3) is 5.19. The minimum atomic E-state index is 0.269. The van der Waals surface area contributed by atoms with Crippen LogP contribution in [-0.4, -0.2) is 26.2 Å². The van der Waals surface area contributed by atoms with Crippen molar-refractivity contribution in [1.29, 1.82) is 0 Å². The topological polar surface area (TPSA) is 45.7 Å². The Morgan fingerprint density at radius 2 is 1.83 bits per heavy atom. The van der Waals surface area contributed by atoms with E-state index in [1.54, 1.807) is 7.05 Å². The molecule has 0 fully saturated rings. The molecule has 4 nitrogen and oxygen atoms in total. The summed E-state index contributed by atoms with van der Waals surface area (Å²) in [5.74, 6) is 0.794. The molecule has 18 heavy (non-hydrogen) atoms. The Kier molecular flexibility index (Phi) is 6.22. The van der Waals surface area contributed by atoms with E-state index in [0.717, 1.165) is 12.5 Å². The van der Waals surface area contributed by atoms with Crippen LogP contribution < -0.4 is 10.6 Å². The zero-order chi connectivity index (χ0) is 13.4. The van der Waals surface area contributed by atoms with Crippen molar-refractivity contribution in [2.75, 3.05) is 14.1 Å². The third-order valence-corrected chi connectivity index (χ3v) is 2.53. The van der Waals surface area contributed by atoms with Crippen molar-refractivity contribution in [3.05, 3.63) is 35.4 Å². The molecule has 0 amide bonds. The van der Waals surface area contributed by atoms with E-state index in [0.29, 0.717) is 6.61 Å². The predicted molar refractivity (Wildman–Crippen MR) is 75.6 cm³/mol. The van der Waals surface area contributed by atoms with Gasteiger partial charge in [0, 0.05) is 20.6 Å². The highest BCUT2D eigenvalue weighted by atomic mass is 16.5. The van der Waals surface area contributed by atoms with Gasteiger partial charge in [-0.15, -0.1) is 0 Å². The molecule has 0 aromatic heterocycles. The zero-order valence-electron chi connectivity index (χ0n) is 11.7. The van der Waals surface area contributed by atoms with Gasteiger partial charge in [-0.25, -0.2) is 0 Å². The lowest BCUT2D eigenvalue weighted by molar-refractivity contribution is 0.0657. The molecule has 0 aliphatic heterocycles. The van der Waals surface area contributed by atoms with Crippen molar-refractivity contribution in [2.24, 2.45) is 4.99 Å². The van der Waals surface area contributed by atoms with Gasteiger partial charge in [-0.2, -0.15) is 0 Å². The first-order valence-corrected chi connectivity index (χ1v) is 6.23. The van der Waals surface area contributed by atoms with Crippen molar-refractivity contribution in [2.45, 2.75) is 33.1 Å². The number of nitrogens with one attached hydrogen (secondary N) is 2. The second kappa shape index (κ2) is 7.71. The second-order valence-corrected chi connectivity index (χ2v) is 4.35. The van der Waals surface area contributed by atoms with Crippen molar-refractivity contribution in [3.63, 3.8) is 0 Å². The van der Waals surface area contributed by atoms with Gasteiger partial charge in [-0.05, 0) is 25.0 Å². The molecule has 0 radical (unpaired) electrons. The molecular formula is C14H23N3O. The summed E-state index contributed by atoms with van der Waals surface area (Å²) < 4.78 is 5.56. The summed E-state index contributed by atoms with van der Waals surface area (Å²) in [5, 5.41) is 6.20. The summed E-state index contributed by atoms with van der Waals surface area (Å²) >= 11 is 0. The number of benzene rings is 1. The molecule has 0 spiro atoms. The molecule has 0 unspecified atom stereocenters. The molecule has 1 rings (SSSR count). The van der Waals surface area contributed by atoms with E-state index in [4.69, 9.17) is 4.74 Å². The lowest BCUT2D eigenvalue weighted by atomic mass is 10.1. The van der Waals surface area contributed by atoms with E-state index in [1.807, 2.05) is 20.9 Å². The molecule has 0 aliphatic carbocycles. The number of hydrogen-bond acceptors (Lipinski definition) is 2. The highest BCUT2D eigenvalue weighted by Crippen LogP contribution is 2.06. The molecule has 0 saturated heterocycles. The first-order valence-electron chi connectivity index (χ1n) is 6.23. The highest BCUT2D eigenvalue weighted by Gasteiger charge is 1.98. The summed E-state index contributed by atoms with van der Waals surface area (Å²) in [6.45, 7) is 5.52. The zero-order valence-corrected chi connectivity index (χ0v) is 11.7. The van der Waals surface area contributed by atoms with Gasteiger partial charge >= 0.3 is 0 Å². The molecule has 0 heterocycles. The molecule has 1 aromatic rings. The fourth-order valence-electron chi connectivity index (χ4n) is 1.48. The largest absolute Gasteiger partial charge is 0.374 e. The van der Waals surface area contributed by atoms with E-state index in [-0.39, 0.29) is 6.10 Å². The van der Waals surface area contributed by atoms with Crippen LogP contribution >= 0.6 is 0 Å².